The van der Waals surface area contributed by atoms with Crippen LogP contribution in [-0.2, 0) is 0 Å². The third-order valence-electron chi connectivity index (χ3n) is 7.91. The number of carbonyl (C=O) groups is 1. The van der Waals surface area contributed by atoms with Crippen LogP contribution < -0.4 is 0 Å². The lowest BCUT2D eigenvalue weighted by atomic mass is 9.86. The number of aromatic nitrogens is 3. The van der Waals surface area contributed by atoms with Crippen LogP contribution in [0.1, 0.15) is 51.3 Å². The van der Waals surface area contributed by atoms with Crippen LogP contribution in [0.5, 0.6) is 0 Å². The van der Waals surface area contributed by atoms with Crippen molar-refractivity contribution in [3.8, 4) is 5.69 Å². The lowest BCUT2D eigenvalue weighted by Gasteiger charge is -2.31. The highest BCUT2D eigenvalue weighted by atomic mass is 16.2. The van der Waals surface area contributed by atoms with Gasteiger partial charge in [0.15, 0.2) is 0 Å². The van der Waals surface area contributed by atoms with Crippen molar-refractivity contribution < 1.29 is 4.79 Å². The molecule has 0 saturated carbocycles. The first-order chi connectivity index (χ1) is 19.2. The molecule has 0 bridgehead atoms. The first-order valence-electron chi connectivity index (χ1n) is 13.4. The third-order valence-corrected chi connectivity index (χ3v) is 7.91. The quantitative estimate of drug-likeness (QED) is 0.254. The Morgan fingerprint density at radius 3 is 2.10 bits per heavy atom. The van der Waals surface area contributed by atoms with Crippen LogP contribution in [0.3, 0.4) is 0 Å². The Morgan fingerprint density at radius 2 is 1.44 bits per heavy atom. The number of imidazole rings is 1. The van der Waals surface area contributed by atoms with Crippen LogP contribution in [0.15, 0.2) is 96.8 Å². The van der Waals surface area contributed by atoms with Crippen molar-refractivity contribution in [2.75, 3.05) is 13.1 Å². The summed E-state index contributed by atoms with van der Waals surface area (Å²) < 4.78 is 2.10. The number of rotatable bonds is 2. The van der Waals surface area contributed by atoms with Crippen LogP contribution in [-0.4, -0.2) is 38.4 Å². The molecule has 5 nitrogen and oxygen atoms in total. The lowest BCUT2D eigenvalue weighted by Crippen LogP contribution is -2.36. The van der Waals surface area contributed by atoms with Gasteiger partial charge in [0.05, 0.1) is 11.7 Å². The van der Waals surface area contributed by atoms with Gasteiger partial charge in [-0.15, -0.1) is 0 Å². The number of aryl methyl sites for hydroxylation is 1. The summed E-state index contributed by atoms with van der Waals surface area (Å²) in [6.07, 6.45) is 9.73. The lowest BCUT2D eigenvalue weighted by molar-refractivity contribution is 0.0744. The number of piperidine rings is 1. The Labute approximate surface area is 227 Å². The maximum atomic E-state index is 13.5. The van der Waals surface area contributed by atoms with Crippen LogP contribution in [0.2, 0.25) is 0 Å². The number of nitrogens with zero attached hydrogens (tertiary/aromatic N) is 4. The van der Waals surface area contributed by atoms with Crippen molar-refractivity contribution in [3.63, 3.8) is 0 Å². The summed E-state index contributed by atoms with van der Waals surface area (Å²) in [4.78, 5) is 24.3. The molecule has 1 amide bonds. The normalized spacial score (nSPS) is 14.7. The van der Waals surface area contributed by atoms with E-state index >= 15 is 0 Å². The molecule has 1 fully saturated rings. The second-order valence-electron chi connectivity index (χ2n) is 10.2. The fourth-order valence-electron chi connectivity index (χ4n) is 5.99. The first kappa shape index (κ1) is 23.4. The molecule has 39 heavy (non-hydrogen) atoms. The zero-order valence-electron chi connectivity index (χ0n) is 21.8. The van der Waals surface area contributed by atoms with Crippen molar-refractivity contribution in [2.24, 2.45) is 0 Å². The minimum atomic E-state index is 0.0883. The van der Waals surface area contributed by atoms with E-state index in [0.717, 1.165) is 48.5 Å². The molecule has 5 aromatic rings. The highest BCUT2D eigenvalue weighted by Gasteiger charge is 2.25. The van der Waals surface area contributed by atoms with Gasteiger partial charge in [-0.2, -0.15) is 0 Å². The topological polar surface area (TPSA) is 51.0 Å². The summed E-state index contributed by atoms with van der Waals surface area (Å²) in [5.74, 6) is 0.982. The number of fused-ring (bicyclic) bond motifs is 3. The summed E-state index contributed by atoms with van der Waals surface area (Å²) in [6.45, 7) is 3.42. The SMILES string of the molecule is Cc1nc2cnccc2n1-c1ccc(C(=O)N2CCC(=C3c4ccccc4C=Cc4ccccc43)CC2)cc1. The molecule has 3 aromatic carbocycles. The number of benzene rings is 3. The summed E-state index contributed by atoms with van der Waals surface area (Å²) in [5.41, 5.74) is 11.4. The standard InChI is InChI=1S/C34H28N4O/c1-23-36-31-22-35-19-16-32(31)38(23)28-14-12-27(13-15-28)34(39)37-20-17-26(18-21-37)33-29-8-4-2-6-24(29)10-11-25-7-3-5-9-30(25)33/h2-16,19,22H,17-18,20-21H2,1H3. The average molecular weight is 509 g/mol. The highest BCUT2D eigenvalue weighted by molar-refractivity contribution is 5.96. The van der Waals surface area contributed by atoms with Gasteiger partial charge >= 0.3 is 0 Å². The monoisotopic (exact) mass is 508 g/mol. The average Bonchev–Trinajstić information content (AvgIpc) is 3.23. The van der Waals surface area contributed by atoms with Gasteiger partial charge in [-0.05, 0) is 77.9 Å². The second kappa shape index (κ2) is 9.52. The van der Waals surface area contributed by atoms with Crippen molar-refractivity contribution in [1.29, 1.82) is 0 Å². The summed E-state index contributed by atoms with van der Waals surface area (Å²) in [5, 5.41) is 0. The summed E-state index contributed by atoms with van der Waals surface area (Å²) in [7, 11) is 0. The molecule has 0 radical (unpaired) electrons. The zero-order valence-corrected chi connectivity index (χ0v) is 21.8. The van der Waals surface area contributed by atoms with Crippen LogP contribution in [0.4, 0.5) is 0 Å². The molecule has 1 saturated heterocycles. The van der Waals surface area contributed by atoms with E-state index in [1.807, 2.05) is 42.2 Å². The van der Waals surface area contributed by atoms with Gasteiger partial charge in [0.25, 0.3) is 5.91 Å². The summed E-state index contributed by atoms with van der Waals surface area (Å²) in [6, 6.07) is 27.1. The van der Waals surface area contributed by atoms with Crippen LogP contribution in [0, 0.1) is 6.92 Å². The fourth-order valence-corrected chi connectivity index (χ4v) is 5.99. The maximum Gasteiger partial charge on any atom is 0.253 e. The highest BCUT2D eigenvalue weighted by Crippen LogP contribution is 2.38. The van der Waals surface area contributed by atoms with E-state index in [1.54, 1.807) is 12.4 Å². The van der Waals surface area contributed by atoms with E-state index < -0.39 is 0 Å². The molecule has 0 atom stereocenters. The van der Waals surface area contributed by atoms with Gasteiger partial charge in [-0.3, -0.25) is 14.3 Å². The Morgan fingerprint density at radius 1 is 0.795 bits per heavy atom. The molecule has 7 rings (SSSR count). The predicted molar refractivity (Wildman–Crippen MR) is 157 cm³/mol. The van der Waals surface area contributed by atoms with Gasteiger partial charge < -0.3 is 4.90 Å². The molecule has 0 unspecified atom stereocenters. The summed E-state index contributed by atoms with van der Waals surface area (Å²) >= 11 is 0. The predicted octanol–water partition coefficient (Wildman–Crippen LogP) is 6.95. The molecule has 190 valence electrons. The third kappa shape index (κ3) is 4.07. The van der Waals surface area contributed by atoms with Crippen molar-refractivity contribution >= 4 is 34.7 Å². The minimum Gasteiger partial charge on any atom is -0.338 e. The molecular weight excluding hydrogens is 480 g/mol. The van der Waals surface area contributed by atoms with Crippen LogP contribution >= 0.6 is 0 Å². The van der Waals surface area contributed by atoms with E-state index in [-0.39, 0.29) is 5.91 Å². The van der Waals surface area contributed by atoms with Gasteiger partial charge in [0.1, 0.15) is 11.3 Å². The van der Waals surface area contributed by atoms with E-state index in [2.05, 4.69) is 75.2 Å². The van der Waals surface area contributed by atoms with E-state index in [9.17, 15) is 4.79 Å². The minimum absolute atomic E-state index is 0.0883. The first-order valence-corrected chi connectivity index (χ1v) is 13.4. The maximum absolute atomic E-state index is 13.5. The van der Waals surface area contributed by atoms with Crippen LogP contribution in [0.25, 0.3) is 34.4 Å². The molecule has 1 aliphatic carbocycles. The van der Waals surface area contributed by atoms with Gasteiger partial charge in [-0.25, -0.2) is 4.98 Å². The largest absolute Gasteiger partial charge is 0.338 e. The smallest absolute Gasteiger partial charge is 0.253 e. The fraction of sp³-hybridized carbons (Fsp3) is 0.147. The van der Waals surface area contributed by atoms with Gasteiger partial charge in [0, 0.05) is 30.5 Å². The molecule has 0 spiro atoms. The zero-order chi connectivity index (χ0) is 26.3. The second-order valence-corrected chi connectivity index (χ2v) is 10.2. The Bertz CT molecular complexity index is 1730. The number of hydrogen-bond acceptors (Lipinski definition) is 3. The molecule has 3 heterocycles. The Kier molecular flexibility index (Phi) is 5.70. The van der Waals surface area contributed by atoms with Gasteiger partial charge in [0.2, 0.25) is 0 Å². The Balaban J connectivity index is 1.15. The molecule has 0 N–H and O–H groups in total. The Hall–Kier alpha value is -4.77. The number of hydrogen-bond donors (Lipinski definition) is 0. The molecular formula is C34H28N4O. The van der Waals surface area contributed by atoms with E-state index in [1.165, 1.54) is 33.4 Å². The molecule has 5 heteroatoms. The van der Waals surface area contributed by atoms with Crippen molar-refractivity contribution in [2.45, 2.75) is 19.8 Å². The van der Waals surface area contributed by atoms with Crippen molar-refractivity contribution in [1.82, 2.24) is 19.4 Å². The molecule has 2 aliphatic rings. The molecule has 1 aliphatic heterocycles. The van der Waals surface area contributed by atoms with E-state index in [4.69, 9.17) is 0 Å². The molecule has 2 aromatic heterocycles. The number of carbonyl (C=O) groups excluding carboxylic acids is 1. The van der Waals surface area contributed by atoms with Crippen molar-refractivity contribution in [3.05, 3.63) is 130 Å². The van der Waals surface area contributed by atoms with E-state index in [0.29, 0.717) is 5.56 Å². The van der Waals surface area contributed by atoms with Gasteiger partial charge in [-0.1, -0.05) is 66.3 Å². The number of likely N-dealkylation sites (tertiary alicyclic amines) is 1. The number of pyridine rings is 1. The number of amides is 1.